The van der Waals surface area contributed by atoms with Gasteiger partial charge in [0.25, 0.3) is 0 Å². The highest BCUT2D eigenvalue weighted by Crippen LogP contribution is 2.34. The number of rotatable bonds is 1. The zero-order chi connectivity index (χ0) is 15.6. The number of nitrogens with one attached hydrogen (secondary N) is 1. The molecule has 0 saturated heterocycles. The van der Waals surface area contributed by atoms with E-state index in [-0.39, 0.29) is 28.7 Å². The van der Waals surface area contributed by atoms with Crippen LogP contribution >= 0.6 is 0 Å². The van der Waals surface area contributed by atoms with Gasteiger partial charge in [-0.15, -0.1) is 0 Å². The van der Waals surface area contributed by atoms with Gasteiger partial charge in [-0.05, 0) is 44.9 Å². The molecule has 0 amide bonds. The van der Waals surface area contributed by atoms with Crippen LogP contribution in [-0.4, -0.2) is 23.1 Å². The largest absolute Gasteiger partial charge is 0.303 e. The Morgan fingerprint density at radius 1 is 1.00 bits per heavy atom. The van der Waals surface area contributed by atoms with Gasteiger partial charge in [-0.1, -0.05) is 20.8 Å². The molecule has 1 rings (SSSR count). The maximum absolute atomic E-state index is 12.6. The summed E-state index contributed by atoms with van der Waals surface area (Å²) >= 11 is 0. The number of carbonyl (C=O) groups is 2. The molecule has 0 aromatic heterocycles. The fraction of sp³-hybridized carbons (Fsp3) is 0.882. The molecule has 0 aromatic carbocycles. The van der Waals surface area contributed by atoms with Gasteiger partial charge in [0.05, 0.1) is 6.04 Å². The Bertz CT molecular complexity index is 360. The minimum Gasteiger partial charge on any atom is -0.303 e. The number of hydrogen-bond acceptors (Lipinski definition) is 3. The third-order valence-corrected chi connectivity index (χ3v) is 4.09. The molecule has 0 bridgehead atoms. The summed E-state index contributed by atoms with van der Waals surface area (Å²) in [4.78, 5) is 24.6. The smallest absolute Gasteiger partial charge is 0.150 e. The van der Waals surface area contributed by atoms with Gasteiger partial charge in [-0.3, -0.25) is 9.59 Å². The Morgan fingerprint density at radius 3 is 2.10 bits per heavy atom. The summed E-state index contributed by atoms with van der Waals surface area (Å²) < 4.78 is 0. The Balaban J connectivity index is 2.88. The molecule has 1 saturated carbocycles. The van der Waals surface area contributed by atoms with E-state index in [0.29, 0.717) is 25.0 Å². The van der Waals surface area contributed by atoms with Crippen molar-refractivity contribution in [2.45, 2.75) is 85.2 Å². The van der Waals surface area contributed by atoms with Crippen LogP contribution in [0.5, 0.6) is 0 Å². The topological polar surface area (TPSA) is 46.2 Å². The fourth-order valence-corrected chi connectivity index (χ4v) is 2.79. The van der Waals surface area contributed by atoms with E-state index in [1.54, 1.807) is 0 Å². The SMILES string of the molecule is CC(C)(C)NC1CCCC(=O)CC(C(C)(C)C)CC1=O. The molecule has 0 aliphatic heterocycles. The molecule has 2 unspecified atom stereocenters. The van der Waals surface area contributed by atoms with Gasteiger partial charge in [0.15, 0.2) is 0 Å². The molecule has 1 aliphatic carbocycles. The number of carbonyl (C=O) groups excluding carboxylic acids is 2. The summed E-state index contributed by atoms with van der Waals surface area (Å²) in [7, 11) is 0. The number of hydrogen-bond donors (Lipinski definition) is 1. The fourth-order valence-electron chi connectivity index (χ4n) is 2.79. The Hall–Kier alpha value is -0.700. The minimum atomic E-state index is -0.106. The molecule has 1 N–H and O–H groups in total. The third-order valence-electron chi connectivity index (χ3n) is 4.09. The van der Waals surface area contributed by atoms with E-state index >= 15 is 0 Å². The van der Waals surface area contributed by atoms with Crippen LogP contribution in [0.2, 0.25) is 0 Å². The Morgan fingerprint density at radius 2 is 1.60 bits per heavy atom. The molecule has 116 valence electrons. The summed E-state index contributed by atoms with van der Waals surface area (Å²) in [6.07, 6.45) is 3.27. The molecule has 3 heteroatoms. The van der Waals surface area contributed by atoms with Crippen molar-refractivity contribution in [2.24, 2.45) is 11.3 Å². The first-order chi connectivity index (χ1) is 8.99. The first-order valence-electron chi connectivity index (χ1n) is 7.81. The maximum atomic E-state index is 12.6. The second-order valence-corrected chi connectivity index (χ2v) is 8.32. The van der Waals surface area contributed by atoms with E-state index in [4.69, 9.17) is 0 Å². The highest BCUT2D eigenvalue weighted by molar-refractivity contribution is 5.86. The molecule has 0 spiro atoms. The normalized spacial score (nSPS) is 26.9. The third kappa shape index (κ3) is 5.74. The predicted molar refractivity (Wildman–Crippen MR) is 82.7 cm³/mol. The van der Waals surface area contributed by atoms with Gasteiger partial charge >= 0.3 is 0 Å². The summed E-state index contributed by atoms with van der Waals surface area (Å²) in [5.41, 5.74) is -0.0719. The average molecular weight is 281 g/mol. The predicted octanol–water partition coefficient (Wildman–Crippen LogP) is 3.51. The molecular weight excluding hydrogens is 250 g/mol. The van der Waals surface area contributed by atoms with Crippen LogP contribution in [-0.2, 0) is 9.59 Å². The van der Waals surface area contributed by atoms with Crippen molar-refractivity contribution in [3.8, 4) is 0 Å². The monoisotopic (exact) mass is 281 g/mol. The maximum Gasteiger partial charge on any atom is 0.150 e. The van der Waals surface area contributed by atoms with Crippen LogP contribution in [0.1, 0.15) is 73.6 Å². The summed E-state index contributed by atoms with van der Waals surface area (Å²) in [5, 5.41) is 3.43. The van der Waals surface area contributed by atoms with Crippen molar-refractivity contribution in [3.05, 3.63) is 0 Å². The Kier molecular flexibility index (Phi) is 5.54. The zero-order valence-electron chi connectivity index (χ0n) is 14.0. The van der Waals surface area contributed by atoms with Gasteiger partial charge in [-0.25, -0.2) is 0 Å². The van der Waals surface area contributed by atoms with Crippen molar-refractivity contribution in [1.29, 1.82) is 0 Å². The van der Waals surface area contributed by atoms with E-state index in [9.17, 15) is 9.59 Å². The average Bonchev–Trinajstić information content (AvgIpc) is 2.28. The number of Topliss-reactive ketones (excluding diaryl/α,β-unsaturated/α-hetero) is 2. The van der Waals surface area contributed by atoms with Crippen LogP contribution < -0.4 is 5.32 Å². The van der Waals surface area contributed by atoms with E-state index < -0.39 is 0 Å². The quantitative estimate of drug-likeness (QED) is 0.800. The van der Waals surface area contributed by atoms with Crippen molar-refractivity contribution in [3.63, 3.8) is 0 Å². The summed E-state index contributed by atoms with van der Waals surface area (Å²) in [6.45, 7) is 12.6. The molecule has 2 atom stereocenters. The van der Waals surface area contributed by atoms with E-state index in [0.717, 1.165) is 12.8 Å². The van der Waals surface area contributed by atoms with Crippen LogP contribution in [0.4, 0.5) is 0 Å². The van der Waals surface area contributed by atoms with Gasteiger partial charge in [0.2, 0.25) is 0 Å². The molecular formula is C17H31NO2. The molecule has 1 fully saturated rings. The lowest BCUT2D eigenvalue weighted by molar-refractivity contribution is -0.124. The molecule has 1 aliphatic rings. The van der Waals surface area contributed by atoms with Gasteiger partial charge < -0.3 is 5.32 Å². The van der Waals surface area contributed by atoms with Crippen LogP contribution in [0.25, 0.3) is 0 Å². The second kappa shape index (κ2) is 6.38. The minimum absolute atomic E-state index is 0.00193. The molecule has 20 heavy (non-hydrogen) atoms. The second-order valence-electron chi connectivity index (χ2n) is 8.32. The lowest BCUT2D eigenvalue weighted by Gasteiger charge is -2.32. The van der Waals surface area contributed by atoms with E-state index in [2.05, 4.69) is 46.9 Å². The van der Waals surface area contributed by atoms with Gasteiger partial charge in [0, 0.05) is 24.8 Å². The van der Waals surface area contributed by atoms with Crippen LogP contribution in [0, 0.1) is 11.3 Å². The van der Waals surface area contributed by atoms with Crippen molar-refractivity contribution < 1.29 is 9.59 Å². The molecule has 0 aromatic rings. The van der Waals surface area contributed by atoms with E-state index in [1.807, 2.05) is 0 Å². The first kappa shape index (κ1) is 17.4. The lowest BCUT2D eigenvalue weighted by Crippen LogP contribution is -2.48. The highest BCUT2D eigenvalue weighted by atomic mass is 16.1. The standard InChI is InChI=1S/C17H31NO2/c1-16(2,3)12-10-13(19)8-7-9-14(15(20)11-12)18-17(4,5)6/h12,14,18H,7-11H2,1-6H3. The van der Waals surface area contributed by atoms with Crippen molar-refractivity contribution in [2.75, 3.05) is 0 Å². The van der Waals surface area contributed by atoms with Gasteiger partial charge in [-0.2, -0.15) is 0 Å². The lowest BCUT2D eigenvalue weighted by atomic mass is 9.74. The zero-order valence-corrected chi connectivity index (χ0v) is 14.0. The van der Waals surface area contributed by atoms with Gasteiger partial charge in [0.1, 0.15) is 11.6 Å². The van der Waals surface area contributed by atoms with Crippen LogP contribution in [0.15, 0.2) is 0 Å². The first-order valence-corrected chi connectivity index (χ1v) is 7.81. The summed E-state index contributed by atoms with van der Waals surface area (Å²) in [6, 6.07) is -0.106. The number of ketones is 2. The van der Waals surface area contributed by atoms with Crippen molar-refractivity contribution >= 4 is 11.6 Å². The molecule has 0 heterocycles. The highest BCUT2D eigenvalue weighted by Gasteiger charge is 2.33. The Labute approximate surface area is 123 Å². The molecule has 3 nitrogen and oxygen atoms in total. The summed E-state index contributed by atoms with van der Waals surface area (Å²) in [5.74, 6) is 0.744. The van der Waals surface area contributed by atoms with Crippen molar-refractivity contribution in [1.82, 2.24) is 5.32 Å². The van der Waals surface area contributed by atoms with E-state index in [1.165, 1.54) is 0 Å². The van der Waals surface area contributed by atoms with Crippen LogP contribution in [0.3, 0.4) is 0 Å². The molecule has 0 radical (unpaired) electrons.